The molecule has 1 unspecified atom stereocenters. The summed E-state index contributed by atoms with van der Waals surface area (Å²) in [7, 11) is 3.38. The van der Waals surface area contributed by atoms with Crippen LogP contribution in [0.1, 0.15) is 27.8 Å². The standard InChI is InChI=1S/C21H21ClN4O3/c1-26-11-10-23-20(26)19(14-6-8-16(22)9-7-14)25-18(27)13-24-21(28)15-4-3-5-17(12-15)29-2/h3-12,19H,13H2,1-2H3,(H,24,28)(H,25,27). The molecule has 0 saturated carbocycles. The van der Waals surface area contributed by atoms with Gasteiger partial charge in [0.15, 0.2) is 0 Å². The van der Waals surface area contributed by atoms with Gasteiger partial charge in [-0.15, -0.1) is 0 Å². The average Bonchev–Trinajstić information content (AvgIpc) is 3.16. The van der Waals surface area contributed by atoms with Crippen molar-refractivity contribution in [2.45, 2.75) is 6.04 Å². The summed E-state index contributed by atoms with van der Waals surface area (Å²) in [5.74, 6) is 0.530. The summed E-state index contributed by atoms with van der Waals surface area (Å²) >= 11 is 5.98. The smallest absolute Gasteiger partial charge is 0.251 e. The van der Waals surface area contributed by atoms with E-state index in [1.807, 2.05) is 23.7 Å². The van der Waals surface area contributed by atoms with Crippen LogP contribution in [0.4, 0.5) is 0 Å². The van der Waals surface area contributed by atoms with Crippen LogP contribution in [0.15, 0.2) is 60.9 Å². The monoisotopic (exact) mass is 412 g/mol. The fourth-order valence-electron chi connectivity index (χ4n) is 2.85. The van der Waals surface area contributed by atoms with Gasteiger partial charge in [0, 0.05) is 30.0 Å². The molecule has 0 fully saturated rings. The van der Waals surface area contributed by atoms with E-state index >= 15 is 0 Å². The maximum Gasteiger partial charge on any atom is 0.251 e. The predicted molar refractivity (Wildman–Crippen MR) is 110 cm³/mol. The largest absolute Gasteiger partial charge is 0.497 e. The number of aromatic nitrogens is 2. The van der Waals surface area contributed by atoms with Gasteiger partial charge in [0.25, 0.3) is 5.91 Å². The summed E-state index contributed by atoms with van der Waals surface area (Å²) in [5.41, 5.74) is 1.24. The third kappa shape index (κ3) is 5.14. The Kier molecular flexibility index (Phi) is 6.51. The highest BCUT2D eigenvalue weighted by Gasteiger charge is 2.21. The molecule has 7 nitrogen and oxygen atoms in total. The summed E-state index contributed by atoms with van der Waals surface area (Å²) in [6, 6.07) is 13.4. The molecule has 0 spiro atoms. The Morgan fingerprint density at radius 3 is 2.62 bits per heavy atom. The molecule has 0 aliphatic carbocycles. The van der Waals surface area contributed by atoms with Gasteiger partial charge in [-0.2, -0.15) is 0 Å². The number of rotatable bonds is 7. The number of nitrogens with zero attached hydrogens (tertiary/aromatic N) is 2. The second-order valence-electron chi connectivity index (χ2n) is 6.36. The number of ether oxygens (including phenoxy) is 1. The SMILES string of the molecule is COc1cccc(C(=O)NCC(=O)NC(c2ccc(Cl)cc2)c2nccn2C)c1. The van der Waals surface area contributed by atoms with Crippen molar-refractivity contribution in [3.05, 3.63) is 82.9 Å². The fraction of sp³-hybridized carbons (Fsp3) is 0.190. The predicted octanol–water partition coefficient (Wildman–Crippen LogP) is 2.72. The molecule has 1 heterocycles. The molecule has 150 valence electrons. The van der Waals surface area contributed by atoms with Crippen molar-refractivity contribution in [1.82, 2.24) is 20.2 Å². The molecule has 3 aromatic rings. The van der Waals surface area contributed by atoms with Gasteiger partial charge in [0.2, 0.25) is 5.91 Å². The van der Waals surface area contributed by atoms with Crippen LogP contribution in [0, 0.1) is 0 Å². The molecule has 29 heavy (non-hydrogen) atoms. The molecule has 2 aromatic carbocycles. The van der Waals surface area contributed by atoms with Gasteiger partial charge in [0.1, 0.15) is 17.6 Å². The van der Waals surface area contributed by atoms with E-state index in [4.69, 9.17) is 16.3 Å². The van der Waals surface area contributed by atoms with Gasteiger partial charge in [-0.05, 0) is 35.9 Å². The summed E-state index contributed by atoms with van der Waals surface area (Å²) in [6.07, 6.45) is 3.46. The van der Waals surface area contributed by atoms with E-state index < -0.39 is 6.04 Å². The Morgan fingerprint density at radius 2 is 1.97 bits per heavy atom. The Labute approximate surface area is 173 Å². The highest BCUT2D eigenvalue weighted by atomic mass is 35.5. The lowest BCUT2D eigenvalue weighted by Crippen LogP contribution is -2.39. The van der Waals surface area contributed by atoms with Crippen LogP contribution in [-0.2, 0) is 11.8 Å². The van der Waals surface area contributed by atoms with E-state index in [-0.39, 0.29) is 18.4 Å². The molecule has 3 rings (SSSR count). The maximum absolute atomic E-state index is 12.5. The number of methoxy groups -OCH3 is 1. The van der Waals surface area contributed by atoms with E-state index in [0.29, 0.717) is 22.2 Å². The van der Waals surface area contributed by atoms with E-state index in [1.54, 1.807) is 48.8 Å². The topological polar surface area (TPSA) is 85.2 Å². The molecule has 1 aromatic heterocycles. The first kappa shape index (κ1) is 20.4. The Morgan fingerprint density at radius 1 is 1.21 bits per heavy atom. The van der Waals surface area contributed by atoms with E-state index in [0.717, 1.165) is 5.56 Å². The number of hydrogen-bond donors (Lipinski definition) is 2. The third-order valence-corrected chi connectivity index (χ3v) is 4.62. The maximum atomic E-state index is 12.5. The third-order valence-electron chi connectivity index (χ3n) is 4.37. The number of carbonyl (C=O) groups excluding carboxylic acids is 2. The van der Waals surface area contributed by atoms with Crippen molar-refractivity contribution in [3.63, 3.8) is 0 Å². The summed E-state index contributed by atoms with van der Waals surface area (Å²) < 4.78 is 6.94. The van der Waals surface area contributed by atoms with E-state index in [9.17, 15) is 9.59 Å². The van der Waals surface area contributed by atoms with Crippen LogP contribution in [0.2, 0.25) is 5.02 Å². The lowest BCUT2D eigenvalue weighted by Gasteiger charge is -2.19. The molecule has 1 atom stereocenters. The Hall–Kier alpha value is -3.32. The minimum absolute atomic E-state index is 0.176. The zero-order valence-electron chi connectivity index (χ0n) is 16.1. The van der Waals surface area contributed by atoms with Gasteiger partial charge in [-0.25, -0.2) is 4.98 Å². The normalized spacial score (nSPS) is 11.6. The molecule has 0 radical (unpaired) electrons. The lowest BCUT2D eigenvalue weighted by atomic mass is 10.1. The van der Waals surface area contributed by atoms with Gasteiger partial charge < -0.3 is 19.9 Å². The summed E-state index contributed by atoms with van der Waals surface area (Å²) in [5, 5.41) is 6.14. The zero-order valence-corrected chi connectivity index (χ0v) is 16.8. The van der Waals surface area contributed by atoms with Crippen molar-refractivity contribution < 1.29 is 14.3 Å². The van der Waals surface area contributed by atoms with Crippen LogP contribution in [0.3, 0.4) is 0 Å². The number of halogens is 1. The van der Waals surface area contributed by atoms with Crippen LogP contribution >= 0.6 is 11.6 Å². The highest BCUT2D eigenvalue weighted by Crippen LogP contribution is 2.22. The summed E-state index contributed by atoms with van der Waals surface area (Å²) in [6.45, 7) is -0.176. The first-order valence-corrected chi connectivity index (χ1v) is 9.30. The molecular weight excluding hydrogens is 392 g/mol. The van der Waals surface area contributed by atoms with Crippen LogP contribution in [0.25, 0.3) is 0 Å². The van der Waals surface area contributed by atoms with Gasteiger partial charge in [0.05, 0.1) is 13.7 Å². The number of hydrogen-bond acceptors (Lipinski definition) is 4. The average molecular weight is 413 g/mol. The van der Waals surface area contributed by atoms with Crippen molar-refractivity contribution in [2.75, 3.05) is 13.7 Å². The van der Waals surface area contributed by atoms with Crippen molar-refractivity contribution >= 4 is 23.4 Å². The Bertz CT molecular complexity index is 1000. The molecule has 8 heteroatoms. The van der Waals surface area contributed by atoms with E-state index in [1.165, 1.54) is 7.11 Å². The van der Waals surface area contributed by atoms with Crippen molar-refractivity contribution in [3.8, 4) is 5.75 Å². The Balaban J connectivity index is 1.69. The number of carbonyl (C=O) groups is 2. The highest BCUT2D eigenvalue weighted by molar-refractivity contribution is 6.30. The first-order chi connectivity index (χ1) is 14.0. The number of imidazole rings is 1. The number of amides is 2. The minimum Gasteiger partial charge on any atom is -0.497 e. The van der Waals surface area contributed by atoms with Crippen LogP contribution in [-0.4, -0.2) is 35.0 Å². The van der Waals surface area contributed by atoms with Crippen molar-refractivity contribution in [1.29, 1.82) is 0 Å². The summed E-state index contributed by atoms with van der Waals surface area (Å²) in [4.78, 5) is 29.2. The molecule has 0 saturated heterocycles. The minimum atomic E-state index is -0.478. The van der Waals surface area contributed by atoms with Gasteiger partial charge in [-0.1, -0.05) is 29.8 Å². The molecule has 2 N–H and O–H groups in total. The molecule has 0 aliphatic heterocycles. The van der Waals surface area contributed by atoms with Gasteiger partial charge in [-0.3, -0.25) is 9.59 Å². The second-order valence-corrected chi connectivity index (χ2v) is 6.80. The number of benzene rings is 2. The molecule has 0 bridgehead atoms. The fourth-order valence-corrected chi connectivity index (χ4v) is 2.97. The van der Waals surface area contributed by atoms with E-state index in [2.05, 4.69) is 15.6 Å². The molecular formula is C21H21ClN4O3. The molecule has 2 amide bonds. The first-order valence-electron chi connectivity index (χ1n) is 8.92. The molecule has 0 aliphatic rings. The van der Waals surface area contributed by atoms with Crippen molar-refractivity contribution in [2.24, 2.45) is 7.05 Å². The van der Waals surface area contributed by atoms with Gasteiger partial charge >= 0.3 is 0 Å². The lowest BCUT2D eigenvalue weighted by molar-refractivity contribution is -0.120. The second kappa shape index (κ2) is 9.25. The zero-order chi connectivity index (χ0) is 20.8. The van der Waals surface area contributed by atoms with Crippen LogP contribution in [0.5, 0.6) is 5.75 Å². The van der Waals surface area contributed by atoms with Crippen LogP contribution < -0.4 is 15.4 Å². The number of aryl methyl sites for hydroxylation is 1. The number of nitrogens with one attached hydrogen (secondary N) is 2. The quantitative estimate of drug-likeness (QED) is 0.624.